The summed E-state index contributed by atoms with van der Waals surface area (Å²) in [5, 5.41) is 0. The van der Waals surface area contributed by atoms with Crippen LogP contribution in [0.2, 0.25) is 0 Å². The van der Waals surface area contributed by atoms with Crippen molar-refractivity contribution < 1.29 is 14.3 Å². The summed E-state index contributed by atoms with van der Waals surface area (Å²) in [7, 11) is 1.66. The molecule has 4 aromatic rings. The zero-order valence-electron chi connectivity index (χ0n) is 18.7. The minimum absolute atomic E-state index is 0.0854. The van der Waals surface area contributed by atoms with E-state index in [1.165, 1.54) is 0 Å². The van der Waals surface area contributed by atoms with Gasteiger partial charge in [-0.05, 0) is 54.8 Å². The second-order valence-corrected chi connectivity index (χ2v) is 8.22. The molecular formula is C27H27N3O3. The first-order chi connectivity index (χ1) is 16.2. The number of aromatic nitrogens is 2. The van der Waals surface area contributed by atoms with Gasteiger partial charge in [0.1, 0.15) is 30.5 Å². The lowest BCUT2D eigenvalue weighted by Crippen LogP contribution is -2.33. The number of hydrogen-bond acceptors (Lipinski definition) is 4. The molecule has 6 heteroatoms. The number of para-hydroxylation sites is 3. The molecule has 33 heavy (non-hydrogen) atoms. The maximum Gasteiger partial charge on any atom is 0.243 e. The highest BCUT2D eigenvalue weighted by Gasteiger charge is 2.30. The first kappa shape index (κ1) is 21.1. The van der Waals surface area contributed by atoms with Crippen molar-refractivity contribution >= 4 is 16.9 Å². The van der Waals surface area contributed by atoms with Crippen molar-refractivity contribution in [3.63, 3.8) is 0 Å². The van der Waals surface area contributed by atoms with Crippen LogP contribution in [0.4, 0.5) is 0 Å². The summed E-state index contributed by atoms with van der Waals surface area (Å²) in [6.45, 7) is 1.30. The number of amides is 1. The van der Waals surface area contributed by atoms with Crippen LogP contribution in [0.1, 0.15) is 30.3 Å². The lowest BCUT2D eigenvalue weighted by molar-refractivity contribution is -0.132. The van der Waals surface area contributed by atoms with Gasteiger partial charge in [0, 0.05) is 6.54 Å². The number of imidazole rings is 1. The molecule has 1 aliphatic rings. The molecule has 1 saturated heterocycles. The average molecular weight is 442 g/mol. The van der Waals surface area contributed by atoms with Gasteiger partial charge < -0.3 is 18.9 Å². The maximum atomic E-state index is 13.5. The topological polar surface area (TPSA) is 56.6 Å². The minimum atomic E-state index is 0.0854. The quantitative estimate of drug-likeness (QED) is 0.406. The van der Waals surface area contributed by atoms with Crippen LogP contribution < -0.4 is 9.47 Å². The van der Waals surface area contributed by atoms with E-state index in [0.717, 1.165) is 53.3 Å². The molecule has 1 aliphatic heterocycles. The van der Waals surface area contributed by atoms with Gasteiger partial charge in [-0.3, -0.25) is 4.79 Å². The molecule has 0 radical (unpaired) electrons. The molecular weight excluding hydrogens is 414 g/mol. The zero-order valence-corrected chi connectivity index (χ0v) is 18.7. The number of hydrogen-bond donors (Lipinski definition) is 0. The summed E-state index contributed by atoms with van der Waals surface area (Å²) in [4.78, 5) is 20.3. The number of carbonyl (C=O) groups excluding carboxylic acids is 1. The highest BCUT2D eigenvalue weighted by molar-refractivity contribution is 5.81. The Bertz CT molecular complexity index is 1230. The van der Waals surface area contributed by atoms with E-state index in [1.54, 1.807) is 7.11 Å². The first-order valence-corrected chi connectivity index (χ1v) is 11.3. The van der Waals surface area contributed by atoms with Crippen molar-refractivity contribution in [1.82, 2.24) is 14.5 Å². The number of rotatable bonds is 7. The number of carbonyl (C=O) groups is 1. The number of likely N-dealkylation sites (tertiary alicyclic amines) is 1. The molecule has 0 unspecified atom stereocenters. The molecule has 0 N–H and O–H groups in total. The Labute approximate surface area is 193 Å². The second-order valence-electron chi connectivity index (χ2n) is 8.22. The van der Waals surface area contributed by atoms with E-state index in [0.29, 0.717) is 6.61 Å². The molecule has 2 heterocycles. The van der Waals surface area contributed by atoms with Crippen LogP contribution in [0.15, 0.2) is 78.9 Å². The molecule has 6 nitrogen and oxygen atoms in total. The smallest absolute Gasteiger partial charge is 0.243 e. The van der Waals surface area contributed by atoms with E-state index in [4.69, 9.17) is 14.5 Å². The molecule has 1 aromatic heterocycles. The fourth-order valence-electron chi connectivity index (χ4n) is 4.54. The third-order valence-corrected chi connectivity index (χ3v) is 6.21. The van der Waals surface area contributed by atoms with Gasteiger partial charge in [-0.25, -0.2) is 4.98 Å². The van der Waals surface area contributed by atoms with Gasteiger partial charge in [0.25, 0.3) is 0 Å². The summed E-state index contributed by atoms with van der Waals surface area (Å²) < 4.78 is 13.2. The summed E-state index contributed by atoms with van der Waals surface area (Å²) >= 11 is 0. The number of ether oxygens (including phenoxy) is 2. The van der Waals surface area contributed by atoms with Gasteiger partial charge in [-0.2, -0.15) is 0 Å². The third kappa shape index (κ3) is 4.42. The van der Waals surface area contributed by atoms with Gasteiger partial charge in [0.2, 0.25) is 5.91 Å². The van der Waals surface area contributed by atoms with Crippen LogP contribution in [0.25, 0.3) is 11.0 Å². The molecule has 1 fully saturated rings. The number of nitrogens with zero attached hydrogens (tertiary/aromatic N) is 3. The predicted octanol–water partition coefficient (Wildman–Crippen LogP) is 4.99. The minimum Gasteiger partial charge on any atom is -0.497 e. The Morgan fingerprint density at radius 1 is 0.970 bits per heavy atom. The number of benzene rings is 3. The fourth-order valence-corrected chi connectivity index (χ4v) is 4.54. The van der Waals surface area contributed by atoms with Crippen LogP contribution in [0.5, 0.6) is 11.5 Å². The summed E-state index contributed by atoms with van der Waals surface area (Å²) in [5.41, 5.74) is 2.95. The van der Waals surface area contributed by atoms with E-state index >= 15 is 0 Å². The fraction of sp³-hybridized carbons (Fsp3) is 0.259. The Balaban J connectivity index is 1.38. The van der Waals surface area contributed by atoms with Crippen molar-refractivity contribution in [1.29, 1.82) is 0 Å². The lowest BCUT2D eigenvalue weighted by atomic mass is 10.0. The molecule has 0 bridgehead atoms. The van der Waals surface area contributed by atoms with Crippen LogP contribution >= 0.6 is 0 Å². The Morgan fingerprint density at radius 2 is 1.73 bits per heavy atom. The Hall–Kier alpha value is -3.80. The normalized spacial score (nSPS) is 15.7. The van der Waals surface area contributed by atoms with Gasteiger partial charge in [0.15, 0.2) is 0 Å². The van der Waals surface area contributed by atoms with Crippen LogP contribution in [-0.2, 0) is 17.9 Å². The van der Waals surface area contributed by atoms with E-state index in [9.17, 15) is 4.79 Å². The van der Waals surface area contributed by atoms with Crippen LogP contribution in [-0.4, -0.2) is 34.0 Å². The Kier molecular flexibility index (Phi) is 5.98. The zero-order chi connectivity index (χ0) is 22.6. The molecule has 3 aromatic carbocycles. The van der Waals surface area contributed by atoms with Gasteiger partial charge in [-0.1, -0.05) is 42.5 Å². The third-order valence-electron chi connectivity index (χ3n) is 6.21. The molecule has 168 valence electrons. The van der Waals surface area contributed by atoms with Gasteiger partial charge >= 0.3 is 0 Å². The standard InChI is InChI=1S/C27H27N3O3/c1-32-21-15-13-20(14-16-21)24-12-7-17-29(24)27(31)18-30-25-11-6-5-10-23(25)28-26(30)19-33-22-8-3-2-4-9-22/h2-6,8-11,13-16,24H,7,12,17-19H2,1H3/t24-/m0/s1. The Morgan fingerprint density at radius 3 is 2.52 bits per heavy atom. The molecule has 0 aliphatic carbocycles. The van der Waals surface area contributed by atoms with Gasteiger partial charge in [-0.15, -0.1) is 0 Å². The molecule has 5 rings (SSSR count). The van der Waals surface area contributed by atoms with E-state index < -0.39 is 0 Å². The summed E-state index contributed by atoms with van der Waals surface area (Å²) in [6.07, 6.45) is 1.96. The maximum absolute atomic E-state index is 13.5. The monoisotopic (exact) mass is 441 g/mol. The number of methoxy groups -OCH3 is 1. The van der Waals surface area contributed by atoms with Crippen molar-refractivity contribution in [2.24, 2.45) is 0 Å². The van der Waals surface area contributed by atoms with Crippen molar-refractivity contribution in [3.05, 3.63) is 90.3 Å². The van der Waals surface area contributed by atoms with Crippen LogP contribution in [0, 0.1) is 0 Å². The highest BCUT2D eigenvalue weighted by atomic mass is 16.5. The van der Waals surface area contributed by atoms with E-state index in [2.05, 4.69) is 12.1 Å². The first-order valence-electron chi connectivity index (χ1n) is 11.3. The van der Waals surface area contributed by atoms with Crippen molar-refractivity contribution in [2.75, 3.05) is 13.7 Å². The van der Waals surface area contributed by atoms with Crippen molar-refractivity contribution in [2.45, 2.75) is 32.0 Å². The molecule has 1 atom stereocenters. The second kappa shape index (κ2) is 9.36. The summed E-state index contributed by atoms with van der Waals surface area (Å²) in [5.74, 6) is 2.44. The largest absolute Gasteiger partial charge is 0.497 e. The number of fused-ring (bicyclic) bond motifs is 1. The molecule has 1 amide bonds. The molecule has 0 saturated carbocycles. The van der Waals surface area contributed by atoms with Crippen LogP contribution in [0.3, 0.4) is 0 Å². The highest BCUT2D eigenvalue weighted by Crippen LogP contribution is 2.33. The SMILES string of the molecule is COc1ccc([C@@H]2CCCN2C(=O)Cn2c(COc3ccccc3)nc3ccccc32)cc1. The van der Waals surface area contributed by atoms with E-state index in [-0.39, 0.29) is 18.5 Å². The predicted molar refractivity (Wildman–Crippen MR) is 127 cm³/mol. The summed E-state index contributed by atoms with van der Waals surface area (Å²) in [6, 6.07) is 25.7. The average Bonchev–Trinajstić information content (AvgIpc) is 3.49. The van der Waals surface area contributed by atoms with E-state index in [1.807, 2.05) is 76.2 Å². The lowest BCUT2D eigenvalue weighted by Gasteiger charge is -2.26. The van der Waals surface area contributed by atoms with Gasteiger partial charge in [0.05, 0.1) is 24.2 Å². The van der Waals surface area contributed by atoms with Crippen molar-refractivity contribution in [3.8, 4) is 11.5 Å². The molecule has 0 spiro atoms.